The summed E-state index contributed by atoms with van der Waals surface area (Å²) in [4.78, 5) is 0. The van der Waals surface area contributed by atoms with Crippen LogP contribution in [0.2, 0.25) is 0 Å². The summed E-state index contributed by atoms with van der Waals surface area (Å²) in [6, 6.07) is 0. The number of alkyl halides is 20. The summed E-state index contributed by atoms with van der Waals surface area (Å²) in [5.41, 5.74) is -8.59. The van der Waals surface area contributed by atoms with Crippen LogP contribution in [0.25, 0.3) is 0 Å². The highest BCUT2D eigenvalue weighted by molar-refractivity contribution is 5.25. The van der Waals surface area contributed by atoms with Crippen molar-refractivity contribution in [3.05, 3.63) is 0 Å². The van der Waals surface area contributed by atoms with Crippen LogP contribution < -0.4 is 0 Å². The lowest BCUT2D eigenvalue weighted by molar-refractivity contribution is -0.570. The summed E-state index contributed by atoms with van der Waals surface area (Å²) in [7, 11) is 0. The third-order valence-corrected chi connectivity index (χ3v) is 3.88. The molecule has 0 aromatic heterocycles. The van der Waals surface area contributed by atoms with E-state index in [0.717, 1.165) is 4.74 Å². The minimum Gasteiger partial charge on any atom is -0.304 e. The molecular formula is C10F20O. The molecule has 1 rings (SSSR count). The van der Waals surface area contributed by atoms with Crippen LogP contribution in [0.15, 0.2) is 0 Å². The fourth-order valence-electron chi connectivity index (χ4n) is 2.19. The maximum absolute atomic E-state index is 14.0. The van der Waals surface area contributed by atoms with Crippen molar-refractivity contribution in [1.29, 1.82) is 0 Å². The van der Waals surface area contributed by atoms with Gasteiger partial charge in [0.2, 0.25) is 0 Å². The van der Waals surface area contributed by atoms with E-state index in [1.165, 1.54) is 0 Å². The molecule has 21 heteroatoms. The molecule has 1 nitrogen and oxygen atoms in total. The van der Waals surface area contributed by atoms with E-state index in [1.54, 1.807) is 0 Å². The van der Waals surface area contributed by atoms with E-state index in [0.29, 0.717) is 0 Å². The van der Waals surface area contributed by atoms with E-state index in [9.17, 15) is 87.8 Å². The predicted molar refractivity (Wildman–Crippen MR) is 50.6 cm³/mol. The maximum atomic E-state index is 14.0. The molecule has 0 saturated heterocycles. The van der Waals surface area contributed by atoms with Crippen LogP contribution in [0.3, 0.4) is 0 Å². The normalized spacial score (nSPS) is 27.1. The van der Waals surface area contributed by atoms with Crippen molar-refractivity contribution >= 4 is 0 Å². The predicted octanol–water partition coefficient (Wildman–Crippen LogP) is 6.28. The van der Waals surface area contributed by atoms with Crippen molar-refractivity contribution in [2.75, 3.05) is 0 Å². The standard InChI is InChI=1S/C10F20O/c11-2(12)3(13,14)5(17,18)7(21,6(19,20)4(2,15)16)31-1(8(22,23)24,9(25,26)27)10(28,29)30. The molecule has 0 unspecified atom stereocenters. The Morgan fingerprint density at radius 3 is 0.742 bits per heavy atom. The van der Waals surface area contributed by atoms with Gasteiger partial charge in [-0.25, -0.2) is 0 Å². The average molecular weight is 516 g/mol. The molecule has 186 valence electrons. The topological polar surface area (TPSA) is 9.23 Å². The van der Waals surface area contributed by atoms with E-state index in [4.69, 9.17) is 0 Å². The molecule has 1 aliphatic rings. The zero-order valence-corrected chi connectivity index (χ0v) is 13.0. The lowest BCUT2D eigenvalue weighted by Gasteiger charge is -2.54. The first-order chi connectivity index (χ1) is 13.0. The number of rotatable bonds is 2. The number of ether oxygens (including phenoxy) is 1. The Balaban J connectivity index is 4.17. The third-order valence-electron chi connectivity index (χ3n) is 3.88. The lowest BCUT2D eigenvalue weighted by atomic mass is 9.78. The fourth-order valence-corrected chi connectivity index (χ4v) is 2.19. The van der Waals surface area contributed by atoms with E-state index in [1.807, 2.05) is 0 Å². The smallest absolute Gasteiger partial charge is 0.304 e. The van der Waals surface area contributed by atoms with Crippen molar-refractivity contribution in [2.45, 2.75) is 59.6 Å². The van der Waals surface area contributed by atoms with Gasteiger partial charge in [0, 0.05) is 0 Å². The van der Waals surface area contributed by atoms with Gasteiger partial charge in [-0.05, 0) is 0 Å². The van der Waals surface area contributed by atoms with Crippen LogP contribution >= 0.6 is 0 Å². The molecule has 0 atom stereocenters. The van der Waals surface area contributed by atoms with Crippen LogP contribution in [0.5, 0.6) is 0 Å². The molecule has 0 radical (unpaired) electrons. The van der Waals surface area contributed by atoms with Gasteiger partial charge in [0.05, 0.1) is 0 Å². The van der Waals surface area contributed by atoms with Gasteiger partial charge in [-0.1, -0.05) is 0 Å². The van der Waals surface area contributed by atoms with Gasteiger partial charge >= 0.3 is 59.6 Å². The van der Waals surface area contributed by atoms with Gasteiger partial charge in [-0.3, -0.25) is 0 Å². The van der Waals surface area contributed by atoms with Gasteiger partial charge in [-0.2, -0.15) is 87.8 Å². The van der Waals surface area contributed by atoms with Crippen molar-refractivity contribution in [2.24, 2.45) is 0 Å². The van der Waals surface area contributed by atoms with Crippen molar-refractivity contribution in [1.82, 2.24) is 0 Å². The maximum Gasteiger partial charge on any atom is 0.435 e. The molecule has 1 saturated carbocycles. The second-order valence-corrected chi connectivity index (χ2v) is 5.74. The Kier molecular flexibility index (Phi) is 5.44. The SMILES string of the molecule is FC(F)(F)C(OC1(F)C(F)(F)C(F)(F)C(F)(F)C(F)(F)C1(F)F)(C(F)(F)F)C(F)(F)F. The minimum absolute atomic E-state index is 1.12. The Morgan fingerprint density at radius 1 is 0.355 bits per heavy atom. The molecule has 1 aliphatic carbocycles. The van der Waals surface area contributed by atoms with E-state index < -0.39 is 59.6 Å². The number of halogens is 20. The monoisotopic (exact) mass is 516 g/mol. The summed E-state index contributed by atoms with van der Waals surface area (Å²) in [5.74, 6) is -50.5. The Bertz CT molecular complexity index is 639. The van der Waals surface area contributed by atoms with Gasteiger partial charge in [0.15, 0.2) is 0 Å². The minimum atomic E-state index is -8.66. The highest BCUT2D eigenvalue weighted by Crippen LogP contribution is 2.72. The van der Waals surface area contributed by atoms with Crippen molar-refractivity contribution in [3.8, 4) is 0 Å². The molecule has 0 heterocycles. The van der Waals surface area contributed by atoms with E-state index in [-0.39, 0.29) is 0 Å². The first kappa shape index (κ1) is 27.6. The number of hydrogen-bond acceptors (Lipinski definition) is 1. The van der Waals surface area contributed by atoms with Crippen LogP contribution in [-0.4, -0.2) is 59.6 Å². The second kappa shape index (κ2) is 6.12. The Hall–Kier alpha value is -1.44. The summed E-state index contributed by atoms with van der Waals surface area (Å²) >= 11 is 0. The molecule has 0 N–H and O–H groups in total. The average Bonchev–Trinajstić information content (AvgIpc) is 2.46. The zero-order valence-electron chi connectivity index (χ0n) is 13.0. The molecule has 1 fully saturated rings. The van der Waals surface area contributed by atoms with E-state index >= 15 is 0 Å². The molecule has 0 spiro atoms. The Morgan fingerprint density at radius 2 is 0.548 bits per heavy atom. The first-order valence-electron chi connectivity index (χ1n) is 6.44. The highest BCUT2D eigenvalue weighted by Gasteiger charge is 3.04. The second-order valence-electron chi connectivity index (χ2n) is 5.74. The quantitative estimate of drug-likeness (QED) is 0.393. The largest absolute Gasteiger partial charge is 0.435 e. The zero-order chi connectivity index (χ0) is 25.7. The van der Waals surface area contributed by atoms with Crippen LogP contribution in [0.1, 0.15) is 0 Å². The van der Waals surface area contributed by atoms with Crippen LogP contribution in [0.4, 0.5) is 87.8 Å². The molecule has 31 heavy (non-hydrogen) atoms. The fraction of sp³-hybridized carbons (Fsp3) is 1.00. The van der Waals surface area contributed by atoms with E-state index in [2.05, 4.69) is 0 Å². The summed E-state index contributed by atoms with van der Waals surface area (Å²) in [6.45, 7) is 0. The molecule has 0 aromatic carbocycles. The third kappa shape index (κ3) is 2.75. The number of hydrogen-bond donors (Lipinski definition) is 0. The summed E-state index contributed by atoms with van der Waals surface area (Å²) in [5, 5.41) is 0. The van der Waals surface area contributed by atoms with Crippen molar-refractivity contribution < 1.29 is 92.5 Å². The van der Waals surface area contributed by atoms with Gasteiger partial charge < -0.3 is 4.74 Å². The van der Waals surface area contributed by atoms with Crippen LogP contribution in [0, 0.1) is 0 Å². The lowest BCUT2D eigenvalue weighted by Crippen LogP contribution is -2.86. The highest BCUT2D eigenvalue weighted by atomic mass is 19.4. The molecule has 0 amide bonds. The van der Waals surface area contributed by atoms with Gasteiger partial charge in [0.1, 0.15) is 0 Å². The molecule has 0 bridgehead atoms. The molecular weight excluding hydrogens is 516 g/mol. The molecule has 0 aromatic rings. The molecule has 0 aliphatic heterocycles. The van der Waals surface area contributed by atoms with Gasteiger partial charge in [0.25, 0.3) is 0 Å². The summed E-state index contributed by atoms with van der Waals surface area (Å²) in [6.07, 6.45) is -25.1. The van der Waals surface area contributed by atoms with Crippen LogP contribution in [-0.2, 0) is 4.74 Å². The first-order valence-corrected chi connectivity index (χ1v) is 6.44. The summed E-state index contributed by atoms with van der Waals surface area (Å²) < 4.78 is 260. The van der Waals surface area contributed by atoms with Gasteiger partial charge in [-0.15, -0.1) is 0 Å². The Labute approximate surface area is 153 Å². The van der Waals surface area contributed by atoms with Crippen molar-refractivity contribution in [3.63, 3.8) is 0 Å².